The quantitative estimate of drug-likeness (QED) is 0.646. The second-order valence-corrected chi connectivity index (χ2v) is 7.35. The van der Waals surface area contributed by atoms with Crippen molar-refractivity contribution >= 4 is 48.7 Å². The van der Waals surface area contributed by atoms with Crippen LogP contribution in [0.5, 0.6) is 0 Å². The number of H-pyrrole nitrogens is 1. The van der Waals surface area contributed by atoms with Crippen LogP contribution in [0.25, 0.3) is 10.9 Å². The van der Waals surface area contributed by atoms with Crippen LogP contribution in [0.2, 0.25) is 0 Å². The zero-order valence-electron chi connectivity index (χ0n) is 12.1. The van der Waals surface area contributed by atoms with Crippen molar-refractivity contribution in [3.63, 3.8) is 0 Å². The van der Waals surface area contributed by atoms with Gasteiger partial charge in [0.25, 0.3) is 5.91 Å². The van der Waals surface area contributed by atoms with E-state index in [0.717, 1.165) is 38.8 Å². The summed E-state index contributed by atoms with van der Waals surface area (Å²) in [7, 11) is 0. The lowest BCUT2D eigenvalue weighted by Crippen LogP contribution is -2.25. The van der Waals surface area contributed by atoms with Gasteiger partial charge in [0.05, 0.1) is 5.56 Å². The van der Waals surface area contributed by atoms with Crippen LogP contribution in [0.1, 0.15) is 29.6 Å². The van der Waals surface area contributed by atoms with Gasteiger partial charge in [0.1, 0.15) is 0 Å². The average Bonchev–Trinajstić information content (AvgIpc) is 3.23. The third-order valence-corrected chi connectivity index (χ3v) is 5.61. The Morgan fingerprint density at radius 3 is 2.86 bits per heavy atom. The van der Waals surface area contributed by atoms with Crippen LogP contribution in [-0.2, 0) is 4.74 Å². The van der Waals surface area contributed by atoms with Crippen LogP contribution in [0, 0.1) is 5.92 Å². The number of carbonyl (C=O) groups excluding carboxylic acids is 1. The van der Waals surface area contributed by atoms with Gasteiger partial charge in [-0.25, -0.2) is 0 Å². The first-order valence-corrected chi connectivity index (χ1v) is 9.06. The van der Waals surface area contributed by atoms with Crippen molar-refractivity contribution in [2.75, 3.05) is 19.8 Å². The van der Waals surface area contributed by atoms with E-state index in [1.54, 1.807) is 6.20 Å². The van der Waals surface area contributed by atoms with Crippen molar-refractivity contribution in [1.29, 1.82) is 0 Å². The zero-order chi connectivity index (χ0) is 15.5. The van der Waals surface area contributed by atoms with E-state index >= 15 is 0 Å². The standard InChI is InChI=1S/C16H18Br2N2O2/c17-13-6-11-12(8-20-15(11)7-14(13)18)16(21)19-4-1-5-22-9-10-2-3-10/h6-8,10,20H,1-5,9H2,(H,19,21). The number of ether oxygens (including phenoxy) is 1. The van der Waals surface area contributed by atoms with Gasteiger partial charge in [0, 0.05) is 45.8 Å². The Kier molecular flexibility index (Phi) is 5.21. The normalized spacial score (nSPS) is 14.5. The maximum Gasteiger partial charge on any atom is 0.253 e. The fourth-order valence-electron chi connectivity index (χ4n) is 2.31. The number of carbonyl (C=O) groups is 1. The molecule has 2 aromatic rings. The molecule has 1 aromatic carbocycles. The second-order valence-electron chi connectivity index (χ2n) is 5.64. The molecule has 1 heterocycles. The largest absolute Gasteiger partial charge is 0.381 e. The zero-order valence-corrected chi connectivity index (χ0v) is 15.3. The molecule has 1 fully saturated rings. The summed E-state index contributed by atoms with van der Waals surface area (Å²) in [4.78, 5) is 15.4. The fraction of sp³-hybridized carbons (Fsp3) is 0.438. The highest BCUT2D eigenvalue weighted by molar-refractivity contribution is 9.13. The Morgan fingerprint density at radius 1 is 1.32 bits per heavy atom. The lowest BCUT2D eigenvalue weighted by Gasteiger charge is -2.06. The molecule has 3 rings (SSSR count). The molecule has 2 N–H and O–H groups in total. The summed E-state index contributed by atoms with van der Waals surface area (Å²) in [5.74, 6) is 0.737. The minimum Gasteiger partial charge on any atom is -0.381 e. The van der Waals surface area contributed by atoms with E-state index in [4.69, 9.17) is 4.74 Å². The summed E-state index contributed by atoms with van der Waals surface area (Å²) < 4.78 is 7.45. The molecule has 118 valence electrons. The van der Waals surface area contributed by atoms with Gasteiger partial charge in [-0.05, 0) is 69.2 Å². The molecular formula is C16H18Br2N2O2. The topological polar surface area (TPSA) is 54.1 Å². The average molecular weight is 430 g/mol. The number of nitrogens with one attached hydrogen (secondary N) is 2. The molecule has 0 radical (unpaired) electrons. The second kappa shape index (κ2) is 7.15. The third kappa shape index (κ3) is 3.91. The van der Waals surface area contributed by atoms with Crippen molar-refractivity contribution in [2.24, 2.45) is 5.92 Å². The molecule has 4 nitrogen and oxygen atoms in total. The Bertz CT molecular complexity index is 680. The molecule has 0 unspecified atom stereocenters. The highest BCUT2D eigenvalue weighted by Crippen LogP contribution is 2.30. The molecule has 0 spiro atoms. The Morgan fingerprint density at radius 2 is 2.09 bits per heavy atom. The maximum atomic E-state index is 12.3. The monoisotopic (exact) mass is 428 g/mol. The number of benzene rings is 1. The van der Waals surface area contributed by atoms with Crippen LogP contribution in [0.3, 0.4) is 0 Å². The van der Waals surface area contributed by atoms with Crippen molar-refractivity contribution in [2.45, 2.75) is 19.3 Å². The van der Waals surface area contributed by atoms with Crippen LogP contribution in [-0.4, -0.2) is 30.6 Å². The van der Waals surface area contributed by atoms with E-state index in [1.165, 1.54) is 12.8 Å². The lowest BCUT2D eigenvalue weighted by molar-refractivity contribution is 0.0939. The molecule has 6 heteroatoms. The van der Waals surface area contributed by atoms with Crippen molar-refractivity contribution in [1.82, 2.24) is 10.3 Å². The fourth-order valence-corrected chi connectivity index (χ4v) is 3.00. The number of fused-ring (bicyclic) bond motifs is 1. The van der Waals surface area contributed by atoms with E-state index < -0.39 is 0 Å². The molecule has 1 aromatic heterocycles. The molecular weight excluding hydrogens is 412 g/mol. The van der Waals surface area contributed by atoms with Gasteiger partial charge in [0.2, 0.25) is 0 Å². The van der Waals surface area contributed by atoms with Crippen LogP contribution in [0.15, 0.2) is 27.3 Å². The SMILES string of the molecule is O=C(NCCCOCC1CC1)c1c[nH]c2cc(Br)c(Br)cc12. The van der Waals surface area contributed by atoms with Gasteiger partial charge in [0.15, 0.2) is 0 Å². The number of hydrogen-bond donors (Lipinski definition) is 2. The lowest BCUT2D eigenvalue weighted by atomic mass is 10.1. The third-order valence-electron chi connectivity index (χ3n) is 3.77. The Balaban J connectivity index is 1.52. The number of hydrogen-bond acceptors (Lipinski definition) is 2. The minimum absolute atomic E-state index is 0.0531. The molecule has 0 saturated heterocycles. The first-order valence-electron chi connectivity index (χ1n) is 7.47. The molecule has 0 aliphatic heterocycles. The van der Waals surface area contributed by atoms with Crippen LogP contribution >= 0.6 is 31.9 Å². The summed E-state index contributed by atoms with van der Waals surface area (Å²) in [5, 5.41) is 3.86. The van der Waals surface area contributed by atoms with Gasteiger partial charge >= 0.3 is 0 Å². The van der Waals surface area contributed by atoms with Gasteiger partial charge in [-0.3, -0.25) is 4.79 Å². The molecule has 22 heavy (non-hydrogen) atoms. The molecule has 1 aliphatic rings. The number of rotatable bonds is 7. The number of aromatic nitrogens is 1. The van der Waals surface area contributed by atoms with E-state index in [0.29, 0.717) is 18.7 Å². The summed E-state index contributed by atoms with van der Waals surface area (Å²) >= 11 is 6.93. The number of amides is 1. The highest BCUT2D eigenvalue weighted by Gasteiger charge is 2.20. The van der Waals surface area contributed by atoms with Crippen molar-refractivity contribution < 1.29 is 9.53 Å². The summed E-state index contributed by atoms with van der Waals surface area (Å²) in [6.45, 7) is 2.22. The van der Waals surface area contributed by atoms with E-state index in [2.05, 4.69) is 42.2 Å². The molecule has 1 saturated carbocycles. The highest BCUT2D eigenvalue weighted by atomic mass is 79.9. The predicted octanol–water partition coefficient (Wildman–Crippen LogP) is 4.24. The first kappa shape index (κ1) is 16.0. The first-order chi connectivity index (χ1) is 10.6. The van der Waals surface area contributed by atoms with E-state index in [1.807, 2.05) is 12.1 Å². The van der Waals surface area contributed by atoms with Crippen LogP contribution in [0.4, 0.5) is 0 Å². The molecule has 0 atom stereocenters. The molecule has 0 bridgehead atoms. The maximum absolute atomic E-state index is 12.3. The Labute approximate surface area is 146 Å². The van der Waals surface area contributed by atoms with Gasteiger partial charge in [-0.2, -0.15) is 0 Å². The van der Waals surface area contributed by atoms with Gasteiger partial charge in [-0.1, -0.05) is 0 Å². The summed E-state index contributed by atoms with van der Waals surface area (Å²) in [5.41, 5.74) is 1.61. The number of aromatic amines is 1. The van der Waals surface area contributed by atoms with Crippen molar-refractivity contribution in [3.05, 3.63) is 32.8 Å². The number of halogens is 2. The van der Waals surface area contributed by atoms with Crippen LogP contribution < -0.4 is 5.32 Å². The Hall–Kier alpha value is -0.850. The smallest absolute Gasteiger partial charge is 0.253 e. The molecule has 1 aliphatic carbocycles. The minimum atomic E-state index is -0.0531. The molecule has 1 amide bonds. The van der Waals surface area contributed by atoms with Gasteiger partial charge < -0.3 is 15.0 Å². The van der Waals surface area contributed by atoms with Gasteiger partial charge in [-0.15, -0.1) is 0 Å². The van der Waals surface area contributed by atoms with E-state index in [-0.39, 0.29) is 5.91 Å². The van der Waals surface area contributed by atoms with Crippen molar-refractivity contribution in [3.8, 4) is 0 Å². The van der Waals surface area contributed by atoms with E-state index in [9.17, 15) is 4.79 Å². The predicted molar refractivity (Wildman–Crippen MR) is 94.2 cm³/mol. The summed E-state index contributed by atoms with van der Waals surface area (Å²) in [6, 6.07) is 3.91. The summed E-state index contributed by atoms with van der Waals surface area (Å²) in [6.07, 6.45) is 5.21.